The Morgan fingerprint density at radius 1 is 1.48 bits per heavy atom. The van der Waals surface area contributed by atoms with Gasteiger partial charge in [-0.15, -0.1) is 11.3 Å². The van der Waals surface area contributed by atoms with Crippen molar-refractivity contribution in [3.63, 3.8) is 0 Å². The number of hydrogen-bond acceptors (Lipinski definition) is 5. The van der Waals surface area contributed by atoms with Crippen LogP contribution in [0.1, 0.15) is 34.5 Å². The normalized spacial score (nSPS) is 17.4. The SMILES string of the molecule is CC1CCc2nc(C(C#N)=Cc3ccc([N+](=O)[O-])cc3)sc2C1. The van der Waals surface area contributed by atoms with Crippen LogP contribution < -0.4 is 0 Å². The van der Waals surface area contributed by atoms with Crippen molar-refractivity contribution in [2.45, 2.75) is 26.2 Å². The third-order valence-corrected chi connectivity index (χ3v) is 5.11. The summed E-state index contributed by atoms with van der Waals surface area (Å²) in [6.45, 7) is 2.24. The molecule has 2 aromatic rings. The van der Waals surface area contributed by atoms with Crippen LogP contribution in [0.2, 0.25) is 0 Å². The molecule has 1 heterocycles. The average molecular weight is 325 g/mol. The molecule has 0 saturated heterocycles. The molecule has 0 radical (unpaired) electrons. The van der Waals surface area contributed by atoms with Gasteiger partial charge in [-0.05, 0) is 49.0 Å². The summed E-state index contributed by atoms with van der Waals surface area (Å²) in [6, 6.07) is 8.37. The number of aromatic nitrogens is 1. The van der Waals surface area contributed by atoms with Gasteiger partial charge in [0.15, 0.2) is 0 Å². The molecular formula is C17H15N3O2S. The van der Waals surface area contributed by atoms with Crippen LogP contribution in [0.3, 0.4) is 0 Å². The van der Waals surface area contributed by atoms with Crippen LogP contribution in [0.5, 0.6) is 0 Å². The second-order valence-electron chi connectivity index (χ2n) is 5.76. The van der Waals surface area contributed by atoms with E-state index in [0.29, 0.717) is 11.5 Å². The first-order valence-corrected chi connectivity index (χ1v) is 8.23. The summed E-state index contributed by atoms with van der Waals surface area (Å²) in [4.78, 5) is 16.1. The third-order valence-electron chi connectivity index (χ3n) is 3.95. The van der Waals surface area contributed by atoms with Crippen LogP contribution >= 0.6 is 11.3 Å². The molecule has 23 heavy (non-hydrogen) atoms. The number of rotatable bonds is 3. The van der Waals surface area contributed by atoms with Crippen LogP contribution in [0.4, 0.5) is 5.69 Å². The minimum absolute atomic E-state index is 0.0411. The van der Waals surface area contributed by atoms with Crippen LogP contribution in [-0.4, -0.2) is 9.91 Å². The monoisotopic (exact) mass is 325 g/mol. The molecule has 0 N–H and O–H groups in total. The predicted molar refractivity (Wildman–Crippen MR) is 89.9 cm³/mol. The van der Waals surface area contributed by atoms with Crippen molar-refractivity contribution in [2.24, 2.45) is 5.92 Å². The van der Waals surface area contributed by atoms with Gasteiger partial charge in [0, 0.05) is 17.0 Å². The second-order valence-corrected chi connectivity index (χ2v) is 6.84. The van der Waals surface area contributed by atoms with Crippen molar-refractivity contribution < 1.29 is 4.92 Å². The van der Waals surface area contributed by atoms with Gasteiger partial charge in [-0.25, -0.2) is 4.98 Å². The summed E-state index contributed by atoms with van der Waals surface area (Å²) in [5.41, 5.74) is 2.42. The first-order valence-electron chi connectivity index (χ1n) is 7.42. The molecule has 1 aromatic heterocycles. The van der Waals surface area contributed by atoms with Crippen LogP contribution in [0.15, 0.2) is 24.3 Å². The number of nitrogens with zero attached hydrogens (tertiary/aromatic N) is 3. The molecule has 0 saturated carbocycles. The molecule has 0 fully saturated rings. The Kier molecular flexibility index (Phi) is 4.22. The molecule has 1 unspecified atom stereocenters. The Labute approximate surface area is 138 Å². The van der Waals surface area contributed by atoms with Gasteiger partial charge in [0.2, 0.25) is 0 Å². The Bertz CT molecular complexity index is 815. The number of aryl methyl sites for hydroxylation is 1. The topological polar surface area (TPSA) is 79.8 Å². The van der Waals surface area contributed by atoms with Crippen LogP contribution in [0, 0.1) is 27.4 Å². The maximum atomic E-state index is 10.7. The van der Waals surface area contributed by atoms with Crippen molar-refractivity contribution >= 4 is 28.7 Å². The first kappa shape index (κ1) is 15.4. The van der Waals surface area contributed by atoms with Gasteiger partial charge < -0.3 is 0 Å². The summed E-state index contributed by atoms with van der Waals surface area (Å²) in [7, 11) is 0. The first-order chi connectivity index (χ1) is 11.1. The van der Waals surface area contributed by atoms with Crippen molar-refractivity contribution in [3.8, 4) is 6.07 Å². The Hall–Kier alpha value is -2.52. The number of fused-ring (bicyclic) bond motifs is 1. The lowest BCUT2D eigenvalue weighted by atomic mass is 9.93. The Balaban J connectivity index is 1.90. The smallest absolute Gasteiger partial charge is 0.258 e. The van der Waals surface area contributed by atoms with E-state index < -0.39 is 4.92 Å². The molecule has 0 amide bonds. The summed E-state index contributed by atoms with van der Waals surface area (Å²) in [5.74, 6) is 0.667. The minimum atomic E-state index is -0.436. The standard InChI is InChI=1S/C17H15N3O2S/c1-11-2-7-15-16(8-11)23-17(19-15)13(10-18)9-12-3-5-14(6-4-12)20(21)22/h3-6,9,11H,2,7-8H2,1H3. The zero-order valence-corrected chi connectivity index (χ0v) is 13.5. The number of allylic oxidation sites excluding steroid dienone is 1. The van der Waals surface area contributed by atoms with E-state index in [2.05, 4.69) is 18.0 Å². The maximum Gasteiger partial charge on any atom is 0.269 e. The molecule has 5 nitrogen and oxygen atoms in total. The average Bonchev–Trinajstić information content (AvgIpc) is 2.95. The highest BCUT2D eigenvalue weighted by Crippen LogP contribution is 2.33. The van der Waals surface area contributed by atoms with Crippen molar-refractivity contribution in [3.05, 3.63) is 55.5 Å². The Morgan fingerprint density at radius 3 is 2.87 bits per heavy atom. The molecule has 116 valence electrons. The van der Waals surface area contributed by atoms with Crippen molar-refractivity contribution in [1.82, 2.24) is 4.98 Å². The molecule has 1 aliphatic rings. The van der Waals surface area contributed by atoms with E-state index in [1.807, 2.05) is 0 Å². The van der Waals surface area contributed by atoms with Gasteiger partial charge in [-0.2, -0.15) is 5.26 Å². The molecule has 0 bridgehead atoms. The van der Waals surface area contributed by atoms with Gasteiger partial charge >= 0.3 is 0 Å². The van der Waals surface area contributed by atoms with Gasteiger partial charge in [-0.3, -0.25) is 10.1 Å². The number of hydrogen-bond donors (Lipinski definition) is 0. The molecule has 0 spiro atoms. The predicted octanol–water partition coefficient (Wildman–Crippen LogP) is 4.24. The second kappa shape index (κ2) is 6.31. The zero-order chi connectivity index (χ0) is 16.4. The molecule has 3 rings (SSSR count). The van der Waals surface area contributed by atoms with Gasteiger partial charge in [-0.1, -0.05) is 6.92 Å². The van der Waals surface area contributed by atoms with E-state index in [-0.39, 0.29) is 5.69 Å². The molecule has 0 aliphatic heterocycles. The number of benzene rings is 1. The van der Waals surface area contributed by atoms with E-state index in [0.717, 1.165) is 35.5 Å². The van der Waals surface area contributed by atoms with Crippen LogP contribution in [0.25, 0.3) is 11.6 Å². The van der Waals surface area contributed by atoms with Gasteiger partial charge in [0.25, 0.3) is 5.69 Å². The number of nitriles is 1. The van der Waals surface area contributed by atoms with Crippen molar-refractivity contribution in [1.29, 1.82) is 5.26 Å². The summed E-state index contributed by atoms with van der Waals surface area (Å²) in [5, 5.41) is 20.9. The summed E-state index contributed by atoms with van der Waals surface area (Å²) >= 11 is 1.59. The largest absolute Gasteiger partial charge is 0.269 e. The third kappa shape index (κ3) is 3.30. The van der Waals surface area contributed by atoms with E-state index in [9.17, 15) is 15.4 Å². The fourth-order valence-electron chi connectivity index (χ4n) is 2.66. The highest BCUT2D eigenvalue weighted by Gasteiger charge is 2.21. The van der Waals surface area contributed by atoms with E-state index in [1.54, 1.807) is 29.5 Å². The maximum absolute atomic E-state index is 10.7. The fraction of sp³-hybridized carbons (Fsp3) is 0.294. The van der Waals surface area contributed by atoms with Crippen LogP contribution in [-0.2, 0) is 12.8 Å². The van der Waals surface area contributed by atoms with E-state index in [4.69, 9.17) is 0 Å². The van der Waals surface area contributed by atoms with E-state index in [1.165, 1.54) is 17.0 Å². The van der Waals surface area contributed by atoms with Gasteiger partial charge in [0.05, 0.1) is 16.2 Å². The molecule has 1 atom stereocenters. The summed E-state index contributed by atoms with van der Waals surface area (Å²) in [6.07, 6.45) is 4.88. The Morgan fingerprint density at radius 2 is 2.22 bits per heavy atom. The molecule has 1 aromatic carbocycles. The summed E-state index contributed by atoms with van der Waals surface area (Å²) < 4.78 is 0. The highest BCUT2D eigenvalue weighted by molar-refractivity contribution is 7.13. The quantitative estimate of drug-likeness (QED) is 0.480. The zero-order valence-electron chi connectivity index (χ0n) is 12.7. The fourth-order valence-corrected chi connectivity index (χ4v) is 3.89. The number of nitro groups is 1. The molecule has 1 aliphatic carbocycles. The van der Waals surface area contributed by atoms with Crippen molar-refractivity contribution in [2.75, 3.05) is 0 Å². The number of thiazole rings is 1. The lowest BCUT2D eigenvalue weighted by Crippen LogP contribution is -2.09. The minimum Gasteiger partial charge on any atom is -0.258 e. The number of nitro benzene ring substituents is 1. The van der Waals surface area contributed by atoms with E-state index >= 15 is 0 Å². The molecular weight excluding hydrogens is 310 g/mol. The molecule has 6 heteroatoms. The highest BCUT2D eigenvalue weighted by atomic mass is 32.1. The lowest BCUT2D eigenvalue weighted by molar-refractivity contribution is -0.384. The van der Waals surface area contributed by atoms with Gasteiger partial charge in [0.1, 0.15) is 11.1 Å². The lowest BCUT2D eigenvalue weighted by Gasteiger charge is -2.15. The number of non-ortho nitro benzene ring substituents is 1.